The van der Waals surface area contributed by atoms with Gasteiger partial charge in [0.05, 0.1) is 5.92 Å². The van der Waals surface area contributed by atoms with E-state index in [0.29, 0.717) is 18.2 Å². The number of carbonyl (C=O) groups excluding carboxylic acids is 2. The summed E-state index contributed by atoms with van der Waals surface area (Å²) in [4.78, 5) is 25.1. The Morgan fingerprint density at radius 3 is 2.42 bits per heavy atom. The number of nitrogens with one attached hydrogen (secondary N) is 1. The number of amides is 2. The molecule has 2 aliphatic heterocycles. The summed E-state index contributed by atoms with van der Waals surface area (Å²) in [6.07, 6.45) is 4.39. The normalized spacial score (nSPS) is 24.6. The Balaban J connectivity index is 0.00000180. The van der Waals surface area contributed by atoms with Gasteiger partial charge in [0.1, 0.15) is 0 Å². The second-order valence-corrected chi connectivity index (χ2v) is 5.48. The average Bonchev–Trinajstić information content (AvgIpc) is 2.39. The van der Waals surface area contributed by atoms with Crippen molar-refractivity contribution in [3.05, 3.63) is 0 Å². The second-order valence-electron chi connectivity index (χ2n) is 5.48. The molecule has 2 heterocycles. The monoisotopic (exact) mass is 289 g/mol. The van der Waals surface area contributed by atoms with Crippen LogP contribution in [0.25, 0.3) is 0 Å². The molecule has 6 heteroatoms. The van der Waals surface area contributed by atoms with E-state index in [1.807, 2.05) is 4.90 Å². The Hall–Kier alpha value is -0.810. The topological polar surface area (TPSA) is 75.4 Å². The van der Waals surface area contributed by atoms with Gasteiger partial charge in [0, 0.05) is 26.1 Å². The smallest absolute Gasteiger partial charge is 0.226 e. The summed E-state index contributed by atoms with van der Waals surface area (Å²) in [7, 11) is 0. The zero-order chi connectivity index (χ0) is 13.0. The van der Waals surface area contributed by atoms with Crippen molar-refractivity contribution in [3.63, 3.8) is 0 Å². The molecule has 0 bridgehead atoms. The van der Waals surface area contributed by atoms with Gasteiger partial charge in [-0.05, 0) is 38.1 Å². The zero-order valence-electron chi connectivity index (χ0n) is 11.3. The predicted octanol–water partition coefficient (Wildman–Crippen LogP) is 0.522. The van der Waals surface area contributed by atoms with Crippen LogP contribution in [0.5, 0.6) is 0 Å². The number of primary amides is 1. The minimum Gasteiger partial charge on any atom is -0.370 e. The van der Waals surface area contributed by atoms with Gasteiger partial charge in [-0.1, -0.05) is 0 Å². The van der Waals surface area contributed by atoms with E-state index in [-0.39, 0.29) is 24.2 Å². The third-order valence-electron chi connectivity index (χ3n) is 4.06. The fourth-order valence-corrected chi connectivity index (χ4v) is 2.96. The number of rotatable bonds is 3. The molecule has 1 atom stereocenters. The van der Waals surface area contributed by atoms with Crippen molar-refractivity contribution in [2.24, 2.45) is 17.6 Å². The molecule has 0 radical (unpaired) electrons. The van der Waals surface area contributed by atoms with Crippen LogP contribution in [-0.2, 0) is 9.59 Å². The van der Waals surface area contributed by atoms with Gasteiger partial charge in [0.2, 0.25) is 11.8 Å². The van der Waals surface area contributed by atoms with Crippen molar-refractivity contribution in [2.75, 3.05) is 26.2 Å². The highest BCUT2D eigenvalue weighted by atomic mass is 35.5. The van der Waals surface area contributed by atoms with Crippen molar-refractivity contribution < 1.29 is 9.59 Å². The molecule has 2 rings (SSSR count). The summed E-state index contributed by atoms with van der Waals surface area (Å²) < 4.78 is 0. The number of likely N-dealkylation sites (tertiary alicyclic amines) is 1. The second kappa shape index (κ2) is 7.70. The SMILES string of the molecule is Cl.NC(=O)CC1CCN(C(=O)[C@@H]2CCCNC2)CC1. The van der Waals surface area contributed by atoms with E-state index in [9.17, 15) is 9.59 Å². The van der Waals surface area contributed by atoms with E-state index in [2.05, 4.69) is 5.32 Å². The molecular formula is C13H24ClN3O2. The first kappa shape index (κ1) is 16.2. The van der Waals surface area contributed by atoms with Crippen LogP contribution in [0.3, 0.4) is 0 Å². The predicted molar refractivity (Wildman–Crippen MR) is 76.0 cm³/mol. The molecule has 2 amide bonds. The number of nitrogens with two attached hydrogens (primary N) is 1. The maximum atomic E-state index is 12.3. The molecule has 2 saturated heterocycles. The van der Waals surface area contributed by atoms with Crippen LogP contribution in [0.2, 0.25) is 0 Å². The molecule has 0 aromatic heterocycles. The number of hydrogen-bond acceptors (Lipinski definition) is 3. The number of hydrogen-bond donors (Lipinski definition) is 2. The molecule has 0 aromatic carbocycles. The molecule has 110 valence electrons. The summed E-state index contributed by atoms with van der Waals surface area (Å²) >= 11 is 0. The maximum Gasteiger partial charge on any atom is 0.226 e. The van der Waals surface area contributed by atoms with E-state index >= 15 is 0 Å². The van der Waals surface area contributed by atoms with Crippen molar-refractivity contribution in [1.29, 1.82) is 0 Å². The molecule has 2 aliphatic rings. The van der Waals surface area contributed by atoms with Gasteiger partial charge in [-0.25, -0.2) is 0 Å². The minimum absolute atomic E-state index is 0. The quantitative estimate of drug-likeness (QED) is 0.795. The summed E-state index contributed by atoms with van der Waals surface area (Å²) in [5, 5.41) is 3.28. The molecule has 5 nitrogen and oxygen atoms in total. The zero-order valence-corrected chi connectivity index (χ0v) is 12.1. The Morgan fingerprint density at radius 1 is 1.21 bits per heavy atom. The number of piperidine rings is 2. The Labute approximate surface area is 120 Å². The van der Waals surface area contributed by atoms with E-state index in [1.54, 1.807) is 0 Å². The highest BCUT2D eigenvalue weighted by molar-refractivity contribution is 5.85. The van der Waals surface area contributed by atoms with Crippen molar-refractivity contribution in [2.45, 2.75) is 32.1 Å². The van der Waals surface area contributed by atoms with E-state index in [1.165, 1.54) is 0 Å². The molecule has 19 heavy (non-hydrogen) atoms. The summed E-state index contributed by atoms with van der Waals surface area (Å²) in [6.45, 7) is 3.42. The van der Waals surface area contributed by atoms with Gasteiger partial charge in [-0.3, -0.25) is 9.59 Å². The molecule has 3 N–H and O–H groups in total. The number of carbonyl (C=O) groups is 2. The van der Waals surface area contributed by atoms with Crippen LogP contribution in [0, 0.1) is 11.8 Å². The van der Waals surface area contributed by atoms with Crippen LogP contribution >= 0.6 is 12.4 Å². The molecule has 0 spiro atoms. The van der Waals surface area contributed by atoms with Gasteiger partial charge in [-0.15, -0.1) is 12.4 Å². The number of halogens is 1. The van der Waals surface area contributed by atoms with Crippen molar-refractivity contribution in [3.8, 4) is 0 Å². The molecule has 0 unspecified atom stereocenters. The first-order valence-corrected chi connectivity index (χ1v) is 6.94. The van der Waals surface area contributed by atoms with Gasteiger partial charge in [0.25, 0.3) is 0 Å². The molecule has 0 aliphatic carbocycles. The molecular weight excluding hydrogens is 266 g/mol. The fourth-order valence-electron chi connectivity index (χ4n) is 2.96. The van der Waals surface area contributed by atoms with Crippen LogP contribution in [0.4, 0.5) is 0 Å². The van der Waals surface area contributed by atoms with E-state index in [0.717, 1.165) is 51.9 Å². The molecule has 0 saturated carbocycles. The summed E-state index contributed by atoms with van der Waals surface area (Å²) in [6, 6.07) is 0. The Kier molecular flexibility index (Phi) is 6.58. The number of nitrogens with zero attached hydrogens (tertiary/aromatic N) is 1. The lowest BCUT2D eigenvalue weighted by molar-refractivity contribution is -0.137. The van der Waals surface area contributed by atoms with E-state index < -0.39 is 0 Å². The van der Waals surface area contributed by atoms with Gasteiger partial charge in [0.15, 0.2) is 0 Å². The summed E-state index contributed by atoms with van der Waals surface area (Å²) in [5.74, 6) is 0.596. The van der Waals surface area contributed by atoms with Gasteiger partial charge < -0.3 is 16.0 Å². The van der Waals surface area contributed by atoms with Gasteiger partial charge >= 0.3 is 0 Å². The fraction of sp³-hybridized carbons (Fsp3) is 0.846. The first-order valence-electron chi connectivity index (χ1n) is 6.94. The first-order chi connectivity index (χ1) is 8.66. The maximum absolute atomic E-state index is 12.3. The Morgan fingerprint density at radius 2 is 1.89 bits per heavy atom. The third-order valence-corrected chi connectivity index (χ3v) is 4.06. The van der Waals surface area contributed by atoms with Crippen LogP contribution in [-0.4, -0.2) is 42.9 Å². The highest BCUT2D eigenvalue weighted by Gasteiger charge is 2.29. The van der Waals surface area contributed by atoms with Crippen LogP contribution < -0.4 is 11.1 Å². The lowest BCUT2D eigenvalue weighted by Crippen LogP contribution is -2.46. The largest absolute Gasteiger partial charge is 0.370 e. The van der Waals surface area contributed by atoms with E-state index in [4.69, 9.17) is 5.73 Å². The minimum atomic E-state index is -0.226. The van der Waals surface area contributed by atoms with Crippen LogP contribution in [0.15, 0.2) is 0 Å². The lowest BCUT2D eigenvalue weighted by Gasteiger charge is -2.35. The van der Waals surface area contributed by atoms with Crippen LogP contribution in [0.1, 0.15) is 32.1 Å². The highest BCUT2D eigenvalue weighted by Crippen LogP contribution is 2.22. The van der Waals surface area contributed by atoms with Gasteiger partial charge in [-0.2, -0.15) is 0 Å². The summed E-state index contributed by atoms with van der Waals surface area (Å²) in [5.41, 5.74) is 5.21. The standard InChI is InChI=1S/C13H23N3O2.ClH/c14-12(17)8-10-3-6-16(7-4-10)13(18)11-2-1-5-15-9-11;/h10-11,15H,1-9H2,(H2,14,17);1H/t11-;/m1./s1. The van der Waals surface area contributed by atoms with Crippen molar-refractivity contribution in [1.82, 2.24) is 10.2 Å². The van der Waals surface area contributed by atoms with Crippen molar-refractivity contribution >= 4 is 24.2 Å². The molecule has 0 aromatic rings. The molecule has 2 fully saturated rings. The Bertz CT molecular complexity index is 311. The third kappa shape index (κ3) is 4.66. The average molecular weight is 290 g/mol. The lowest BCUT2D eigenvalue weighted by atomic mass is 9.91.